The Labute approximate surface area is 166 Å². The highest BCUT2D eigenvalue weighted by molar-refractivity contribution is 7.89. The van der Waals surface area contributed by atoms with E-state index in [1.807, 2.05) is 44.2 Å². The monoisotopic (exact) mass is 402 g/mol. The number of sulfonamides is 1. The van der Waals surface area contributed by atoms with Crippen LogP contribution >= 0.6 is 0 Å². The van der Waals surface area contributed by atoms with Gasteiger partial charge in [0.2, 0.25) is 10.0 Å². The molecule has 0 N–H and O–H groups in total. The van der Waals surface area contributed by atoms with Crippen LogP contribution < -0.4 is 0 Å². The van der Waals surface area contributed by atoms with E-state index in [9.17, 15) is 13.2 Å². The highest BCUT2D eigenvalue weighted by Crippen LogP contribution is 2.25. The summed E-state index contributed by atoms with van der Waals surface area (Å²) in [5.41, 5.74) is 2.17. The molecular weight excluding hydrogens is 376 g/mol. The van der Waals surface area contributed by atoms with Gasteiger partial charge in [-0.25, -0.2) is 8.42 Å². The summed E-state index contributed by atoms with van der Waals surface area (Å²) in [6.07, 6.45) is 0. The molecule has 0 spiro atoms. The predicted octanol–water partition coefficient (Wildman–Crippen LogP) is 2.85. The van der Waals surface area contributed by atoms with Crippen molar-refractivity contribution >= 4 is 15.9 Å². The van der Waals surface area contributed by atoms with Gasteiger partial charge in [0.05, 0.1) is 24.2 Å². The average molecular weight is 403 g/mol. The third kappa shape index (κ3) is 4.11. The Kier molecular flexibility index (Phi) is 6.17. The Hall–Kier alpha value is -2.22. The molecular formula is C21H26N2O4S. The van der Waals surface area contributed by atoms with Crippen molar-refractivity contribution in [2.24, 2.45) is 0 Å². The summed E-state index contributed by atoms with van der Waals surface area (Å²) in [7, 11) is -1.91. The second kappa shape index (κ2) is 8.43. The van der Waals surface area contributed by atoms with Gasteiger partial charge in [0.1, 0.15) is 0 Å². The quantitative estimate of drug-likeness (QED) is 0.771. The molecule has 1 heterocycles. The average Bonchev–Trinajstić information content (AvgIpc) is 2.73. The van der Waals surface area contributed by atoms with Crippen molar-refractivity contribution in [1.82, 2.24) is 9.21 Å². The second-order valence-corrected chi connectivity index (χ2v) is 8.93. The van der Waals surface area contributed by atoms with E-state index in [2.05, 4.69) is 0 Å². The molecule has 0 aromatic heterocycles. The van der Waals surface area contributed by atoms with Crippen molar-refractivity contribution in [2.75, 3.05) is 33.4 Å². The predicted molar refractivity (Wildman–Crippen MR) is 108 cm³/mol. The first-order valence-corrected chi connectivity index (χ1v) is 10.8. The van der Waals surface area contributed by atoms with E-state index in [4.69, 9.17) is 4.74 Å². The molecule has 0 aliphatic carbocycles. The van der Waals surface area contributed by atoms with Crippen LogP contribution in [0.3, 0.4) is 0 Å². The zero-order valence-electron chi connectivity index (χ0n) is 16.5. The Balaban J connectivity index is 1.89. The summed E-state index contributed by atoms with van der Waals surface area (Å²) in [5.74, 6) is -0.201. The number of hydrogen-bond donors (Lipinski definition) is 0. The number of morpholine rings is 1. The summed E-state index contributed by atoms with van der Waals surface area (Å²) >= 11 is 0. The van der Waals surface area contributed by atoms with Crippen LogP contribution in [0.5, 0.6) is 0 Å². The van der Waals surface area contributed by atoms with Crippen molar-refractivity contribution in [3.05, 3.63) is 65.2 Å². The van der Waals surface area contributed by atoms with E-state index in [-0.39, 0.29) is 16.8 Å². The zero-order valence-corrected chi connectivity index (χ0v) is 17.3. The van der Waals surface area contributed by atoms with Crippen molar-refractivity contribution in [3.63, 3.8) is 0 Å². The minimum atomic E-state index is -3.65. The topological polar surface area (TPSA) is 66.9 Å². The fourth-order valence-electron chi connectivity index (χ4n) is 3.25. The molecule has 1 aliphatic heterocycles. The van der Waals surface area contributed by atoms with Crippen LogP contribution in [0.4, 0.5) is 0 Å². The number of ether oxygens (including phenoxy) is 1. The number of nitrogens with zero attached hydrogens (tertiary/aromatic N) is 2. The fraction of sp³-hybridized carbons (Fsp3) is 0.381. The molecule has 3 rings (SSSR count). The van der Waals surface area contributed by atoms with Gasteiger partial charge in [-0.1, -0.05) is 36.4 Å². The SMILES string of the molecule is Cc1ccc(S(=O)(=O)N2CCOCC2)cc1C(=O)N(C)[C@H](C)c1ccccc1. The molecule has 1 amide bonds. The van der Waals surface area contributed by atoms with Crippen LogP contribution in [0.2, 0.25) is 0 Å². The lowest BCUT2D eigenvalue weighted by Gasteiger charge is -2.28. The summed E-state index contributed by atoms with van der Waals surface area (Å²) in [4.78, 5) is 14.9. The molecule has 0 bridgehead atoms. The van der Waals surface area contributed by atoms with E-state index in [1.54, 1.807) is 24.1 Å². The smallest absolute Gasteiger partial charge is 0.254 e. The molecule has 0 unspecified atom stereocenters. The van der Waals surface area contributed by atoms with Crippen molar-refractivity contribution < 1.29 is 17.9 Å². The van der Waals surface area contributed by atoms with Gasteiger partial charge in [-0.15, -0.1) is 0 Å². The largest absolute Gasteiger partial charge is 0.379 e. The first kappa shape index (κ1) is 20.5. The molecule has 28 heavy (non-hydrogen) atoms. The number of carbonyl (C=O) groups is 1. The van der Waals surface area contributed by atoms with Crippen LogP contribution in [0.25, 0.3) is 0 Å². The molecule has 1 fully saturated rings. The summed E-state index contributed by atoms with van der Waals surface area (Å²) in [6.45, 7) is 5.19. The lowest BCUT2D eigenvalue weighted by atomic mass is 10.0. The van der Waals surface area contributed by atoms with E-state index in [0.29, 0.717) is 31.9 Å². The van der Waals surface area contributed by atoms with Gasteiger partial charge in [0.25, 0.3) is 5.91 Å². The summed E-state index contributed by atoms with van der Waals surface area (Å²) in [5, 5.41) is 0. The highest BCUT2D eigenvalue weighted by Gasteiger charge is 2.28. The fourth-order valence-corrected chi connectivity index (χ4v) is 4.68. The molecule has 0 radical (unpaired) electrons. The summed E-state index contributed by atoms with van der Waals surface area (Å²) in [6, 6.07) is 14.4. The van der Waals surface area contributed by atoms with Crippen molar-refractivity contribution in [1.29, 1.82) is 0 Å². The molecule has 2 aromatic carbocycles. The van der Waals surface area contributed by atoms with Gasteiger partial charge in [0.15, 0.2) is 0 Å². The number of hydrogen-bond acceptors (Lipinski definition) is 4. The minimum absolute atomic E-state index is 0.132. The number of aryl methyl sites for hydroxylation is 1. The molecule has 150 valence electrons. The number of benzene rings is 2. The van der Waals surface area contributed by atoms with Crippen LogP contribution in [0.15, 0.2) is 53.4 Å². The van der Waals surface area contributed by atoms with Gasteiger partial charge in [-0.05, 0) is 37.1 Å². The Bertz CT molecular complexity index is 938. The molecule has 7 heteroatoms. The van der Waals surface area contributed by atoms with Gasteiger partial charge in [-0.3, -0.25) is 4.79 Å². The molecule has 1 saturated heterocycles. The Morgan fingerprint density at radius 1 is 1.11 bits per heavy atom. The van der Waals surface area contributed by atoms with Gasteiger partial charge in [-0.2, -0.15) is 4.31 Å². The molecule has 6 nitrogen and oxygen atoms in total. The number of amides is 1. The summed E-state index contributed by atoms with van der Waals surface area (Å²) < 4.78 is 32.5. The maximum absolute atomic E-state index is 13.1. The Morgan fingerprint density at radius 3 is 2.39 bits per heavy atom. The van der Waals surface area contributed by atoms with Crippen LogP contribution in [-0.2, 0) is 14.8 Å². The first-order chi connectivity index (χ1) is 13.3. The molecule has 1 atom stereocenters. The molecule has 0 saturated carbocycles. The molecule has 1 aliphatic rings. The van der Waals surface area contributed by atoms with E-state index >= 15 is 0 Å². The van der Waals surface area contributed by atoms with E-state index in [0.717, 1.165) is 11.1 Å². The molecule has 2 aromatic rings. The van der Waals surface area contributed by atoms with Gasteiger partial charge in [0, 0.05) is 25.7 Å². The minimum Gasteiger partial charge on any atom is -0.379 e. The van der Waals surface area contributed by atoms with E-state index < -0.39 is 10.0 Å². The number of carbonyl (C=O) groups excluding carboxylic acids is 1. The standard InChI is InChI=1S/C21H26N2O4S/c1-16-9-10-19(28(25,26)23-11-13-27-14-12-23)15-20(16)21(24)22(3)17(2)18-7-5-4-6-8-18/h4-10,15,17H,11-14H2,1-3H3/t17-/m1/s1. The maximum atomic E-state index is 13.1. The highest BCUT2D eigenvalue weighted by atomic mass is 32.2. The third-order valence-electron chi connectivity index (χ3n) is 5.23. The third-order valence-corrected chi connectivity index (χ3v) is 7.13. The van der Waals surface area contributed by atoms with E-state index in [1.165, 1.54) is 10.4 Å². The van der Waals surface area contributed by atoms with Crippen molar-refractivity contribution in [2.45, 2.75) is 24.8 Å². The Morgan fingerprint density at radius 2 is 1.75 bits per heavy atom. The van der Waals surface area contributed by atoms with Gasteiger partial charge >= 0.3 is 0 Å². The second-order valence-electron chi connectivity index (χ2n) is 7.00. The lowest BCUT2D eigenvalue weighted by Crippen LogP contribution is -2.40. The lowest BCUT2D eigenvalue weighted by molar-refractivity contribution is 0.0728. The van der Waals surface area contributed by atoms with Crippen LogP contribution in [-0.4, -0.2) is 56.9 Å². The first-order valence-electron chi connectivity index (χ1n) is 9.33. The van der Waals surface area contributed by atoms with Crippen LogP contribution in [0, 0.1) is 6.92 Å². The number of rotatable bonds is 5. The van der Waals surface area contributed by atoms with Gasteiger partial charge < -0.3 is 9.64 Å². The van der Waals surface area contributed by atoms with Crippen molar-refractivity contribution in [3.8, 4) is 0 Å². The normalized spacial score (nSPS) is 16.5. The zero-order chi connectivity index (χ0) is 20.3. The maximum Gasteiger partial charge on any atom is 0.254 e. The van der Waals surface area contributed by atoms with Crippen LogP contribution in [0.1, 0.15) is 34.5 Å².